The smallest absolute Gasteiger partial charge is 0.217 e. The van der Waals surface area contributed by atoms with Crippen molar-refractivity contribution < 1.29 is 4.79 Å². The van der Waals surface area contributed by atoms with Gasteiger partial charge in [-0.2, -0.15) is 0 Å². The van der Waals surface area contributed by atoms with E-state index in [0.29, 0.717) is 0 Å². The Hall–Kier alpha value is -1.85. The van der Waals surface area contributed by atoms with Gasteiger partial charge in [0.15, 0.2) is 0 Å². The zero-order valence-corrected chi connectivity index (χ0v) is 12.7. The molecular weight excluding hydrogens is 254 g/mol. The third-order valence-corrected chi connectivity index (χ3v) is 3.61. The first-order valence-electron chi connectivity index (χ1n) is 7.12. The number of carbonyl (C=O) groups excluding carboxylic acids is 1. The molecule has 2 heterocycles. The Morgan fingerprint density at radius 3 is 2.80 bits per heavy atom. The highest BCUT2D eigenvalue weighted by molar-refractivity contribution is 5.73. The molecule has 0 spiro atoms. The van der Waals surface area contributed by atoms with Crippen LogP contribution in [0.4, 0.5) is 11.6 Å². The molecule has 110 valence electrons. The number of carbonyl (C=O) groups is 1. The lowest BCUT2D eigenvalue weighted by molar-refractivity contribution is -0.119. The molecule has 0 aromatic carbocycles. The van der Waals surface area contributed by atoms with Crippen LogP contribution in [-0.4, -0.2) is 42.1 Å². The van der Waals surface area contributed by atoms with Crippen LogP contribution in [-0.2, 0) is 11.2 Å². The lowest BCUT2D eigenvalue weighted by Crippen LogP contribution is -2.36. The molecule has 2 N–H and O–H groups in total. The maximum Gasteiger partial charge on any atom is 0.217 e. The summed E-state index contributed by atoms with van der Waals surface area (Å²) in [6, 6.07) is 0.213. The van der Waals surface area contributed by atoms with Gasteiger partial charge in [-0.3, -0.25) is 4.79 Å². The van der Waals surface area contributed by atoms with Crippen LogP contribution in [0.15, 0.2) is 0 Å². The zero-order valence-electron chi connectivity index (χ0n) is 12.7. The van der Waals surface area contributed by atoms with Crippen molar-refractivity contribution in [1.82, 2.24) is 15.3 Å². The predicted molar refractivity (Wildman–Crippen MR) is 80.1 cm³/mol. The summed E-state index contributed by atoms with van der Waals surface area (Å²) in [6.45, 7) is 7.37. The van der Waals surface area contributed by atoms with Crippen LogP contribution in [0.3, 0.4) is 0 Å². The molecule has 1 aliphatic heterocycles. The minimum atomic E-state index is 0.0291. The largest absolute Gasteiger partial charge is 0.373 e. The second-order valence-electron chi connectivity index (χ2n) is 5.17. The number of nitrogens with zero attached hydrogens (tertiary/aromatic N) is 3. The molecule has 1 aromatic rings. The fourth-order valence-corrected chi connectivity index (χ4v) is 2.62. The Balaban J connectivity index is 2.22. The van der Waals surface area contributed by atoms with Crippen LogP contribution in [0.25, 0.3) is 0 Å². The lowest BCUT2D eigenvalue weighted by atomic mass is 10.2. The normalized spacial score (nSPS) is 18.2. The fourth-order valence-electron chi connectivity index (χ4n) is 2.62. The molecule has 0 aliphatic carbocycles. The van der Waals surface area contributed by atoms with Crippen molar-refractivity contribution in [3.05, 3.63) is 11.4 Å². The Morgan fingerprint density at radius 1 is 1.45 bits per heavy atom. The average molecular weight is 277 g/mol. The van der Waals surface area contributed by atoms with Gasteiger partial charge in [0, 0.05) is 45.1 Å². The van der Waals surface area contributed by atoms with Crippen LogP contribution in [0.1, 0.15) is 31.7 Å². The molecule has 1 amide bonds. The first kappa shape index (κ1) is 14.6. The number of hydrogen-bond acceptors (Lipinski definition) is 5. The number of nitrogens with one attached hydrogen (secondary N) is 2. The number of rotatable bonds is 4. The summed E-state index contributed by atoms with van der Waals surface area (Å²) in [5.74, 6) is 2.74. The van der Waals surface area contributed by atoms with Crippen molar-refractivity contribution in [1.29, 1.82) is 0 Å². The molecule has 0 radical (unpaired) electrons. The van der Waals surface area contributed by atoms with Crippen LogP contribution >= 0.6 is 0 Å². The van der Waals surface area contributed by atoms with Crippen molar-refractivity contribution in [2.24, 2.45) is 0 Å². The molecule has 20 heavy (non-hydrogen) atoms. The highest BCUT2D eigenvalue weighted by Crippen LogP contribution is 2.26. The molecule has 6 nitrogen and oxygen atoms in total. The van der Waals surface area contributed by atoms with Gasteiger partial charge in [-0.25, -0.2) is 9.97 Å². The third kappa shape index (κ3) is 3.00. The first-order chi connectivity index (χ1) is 9.55. The SMILES string of the molecule is CCc1nc(NC)c(C)c(N2CCC(NC(C)=O)C2)n1. The number of aromatic nitrogens is 2. The summed E-state index contributed by atoms with van der Waals surface area (Å²) < 4.78 is 0. The van der Waals surface area contributed by atoms with Crippen LogP contribution < -0.4 is 15.5 Å². The minimum absolute atomic E-state index is 0.0291. The van der Waals surface area contributed by atoms with E-state index in [1.54, 1.807) is 6.92 Å². The first-order valence-corrected chi connectivity index (χ1v) is 7.12. The zero-order chi connectivity index (χ0) is 14.7. The van der Waals surface area contributed by atoms with E-state index in [-0.39, 0.29) is 11.9 Å². The van der Waals surface area contributed by atoms with E-state index < -0.39 is 0 Å². The van der Waals surface area contributed by atoms with E-state index in [2.05, 4.69) is 32.4 Å². The Labute approximate surface area is 120 Å². The van der Waals surface area contributed by atoms with E-state index in [1.165, 1.54) is 0 Å². The van der Waals surface area contributed by atoms with Crippen LogP contribution in [0, 0.1) is 6.92 Å². The van der Waals surface area contributed by atoms with Gasteiger partial charge in [0.2, 0.25) is 5.91 Å². The molecule has 1 fully saturated rings. The van der Waals surface area contributed by atoms with Crippen molar-refractivity contribution in [3.63, 3.8) is 0 Å². The van der Waals surface area contributed by atoms with Gasteiger partial charge in [0.1, 0.15) is 17.5 Å². The van der Waals surface area contributed by atoms with Crippen LogP contribution in [0.2, 0.25) is 0 Å². The quantitative estimate of drug-likeness (QED) is 0.862. The standard InChI is InChI=1S/C14H23N5O/c1-5-12-17-13(15-4)9(2)14(18-12)19-7-6-11(8-19)16-10(3)20/h11H,5-8H2,1-4H3,(H,16,20)(H,15,17,18). The van der Waals surface area contributed by atoms with Crippen molar-refractivity contribution in [3.8, 4) is 0 Å². The highest BCUT2D eigenvalue weighted by atomic mass is 16.1. The topological polar surface area (TPSA) is 70.2 Å². The summed E-state index contributed by atoms with van der Waals surface area (Å²) >= 11 is 0. The molecular formula is C14H23N5O. The summed E-state index contributed by atoms with van der Waals surface area (Å²) in [7, 11) is 1.88. The molecule has 1 aliphatic rings. The van der Waals surface area contributed by atoms with E-state index in [9.17, 15) is 4.79 Å². The summed E-state index contributed by atoms with van der Waals surface area (Å²) in [5.41, 5.74) is 1.06. The molecule has 1 aromatic heterocycles. The number of anilines is 2. The van der Waals surface area contributed by atoms with E-state index in [1.807, 2.05) is 14.0 Å². The number of hydrogen-bond donors (Lipinski definition) is 2. The van der Waals surface area contributed by atoms with Gasteiger partial charge in [-0.05, 0) is 13.3 Å². The lowest BCUT2D eigenvalue weighted by Gasteiger charge is -2.21. The molecule has 1 saturated heterocycles. The monoisotopic (exact) mass is 277 g/mol. The molecule has 6 heteroatoms. The summed E-state index contributed by atoms with van der Waals surface area (Å²) in [6.07, 6.45) is 1.77. The number of aryl methyl sites for hydroxylation is 1. The van der Waals surface area contributed by atoms with E-state index in [4.69, 9.17) is 0 Å². The van der Waals surface area contributed by atoms with Crippen molar-refractivity contribution in [2.75, 3.05) is 30.4 Å². The van der Waals surface area contributed by atoms with Gasteiger partial charge in [-0.1, -0.05) is 6.92 Å². The maximum absolute atomic E-state index is 11.1. The van der Waals surface area contributed by atoms with Gasteiger partial charge in [0.05, 0.1) is 0 Å². The van der Waals surface area contributed by atoms with E-state index >= 15 is 0 Å². The Kier molecular flexibility index (Phi) is 4.42. The van der Waals surface area contributed by atoms with Crippen molar-refractivity contribution >= 4 is 17.5 Å². The molecule has 0 bridgehead atoms. The molecule has 0 saturated carbocycles. The van der Waals surface area contributed by atoms with E-state index in [0.717, 1.165) is 49.0 Å². The summed E-state index contributed by atoms with van der Waals surface area (Å²) in [5, 5.41) is 6.11. The number of amides is 1. The third-order valence-electron chi connectivity index (χ3n) is 3.61. The molecule has 2 rings (SSSR count). The Bertz CT molecular complexity index is 503. The maximum atomic E-state index is 11.1. The van der Waals surface area contributed by atoms with Gasteiger partial charge in [0.25, 0.3) is 0 Å². The average Bonchev–Trinajstić information content (AvgIpc) is 2.86. The minimum Gasteiger partial charge on any atom is -0.373 e. The molecule has 1 atom stereocenters. The Morgan fingerprint density at radius 2 is 2.20 bits per heavy atom. The van der Waals surface area contributed by atoms with Gasteiger partial charge in [-0.15, -0.1) is 0 Å². The van der Waals surface area contributed by atoms with Gasteiger partial charge >= 0.3 is 0 Å². The second-order valence-corrected chi connectivity index (χ2v) is 5.17. The van der Waals surface area contributed by atoms with Crippen LogP contribution in [0.5, 0.6) is 0 Å². The fraction of sp³-hybridized carbons (Fsp3) is 0.643. The second kappa shape index (κ2) is 6.07. The summed E-state index contributed by atoms with van der Waals surface area (Å²) in [4.78, 5) is 22.5. The molecule has 1 unspecified atom stereocenters. The van der Waals surface area contributed by atoms with Crippen molar-refractivity contribution in [2.45, 2.75) is 39.7 Å². The predicted octanol–water partition coefficient (Wildman–Crippen LogP) is 1.10. The highest BCUT2D eigenvalue weighted by Gasteiger charge is 2.26. The van der Waals surface area contributed by atoms with Gasteiger partial charge < -0.3 is 15.5 Å².